The van der Waals surface area contributed by atoms with Gasteiger partial charge in [-0.05, 0) is 36.0 Å². The summed E-state index contributed by atoms with van der Waals surface area (Å²) in [5, 5.41) is 0. The van der Waals surface area contributed by atoms with Gasteiger partial charge in [0.2, 0.25) is 16.0 Å². The molecule has 174 valence electrons. The van der Waals surface area contributed by atoms with Gasteiger partial charge in [-0.3, -0.25) is 4.90 Å². The zero-order valence-corrected chi connectivity index (χ0v) is 19.8. The van der Waals surface area contributed by atoms with E-state index in [1.54, 1.807) is 0 Å². The summed E-state index contributed by atoms with van der Waals surface area (Å²) in [5.74, 6) is 0.807. The van der Waals surface area contributed by atoms with Gasteiger partial charge in [-0.15, -0.1) is 0 Å². The van der Waals surface area contributed by atoms with E-state index in [1.807, 2.05) is 30.6 Å². The van der Waals surface area contributed by atoms with Crippen LogP contribution >= 0.6 is 0 Å². The van der Waals surface area contributed by atoms with Gasteiger partial charge in [0.15, 0.2) is 0 Å². The van der Waals surface area contributed by atoms with Gasteiger partial charge in [0, 0.05) is 51.7 Å². The lowest BCUT2D eigenvalue weighted by Gasteiger charge is -2.36. The van der Waals surface area contributed by atoms with Crippen molar-refractivity contribution in [2.45, 2.75) is 32.4 Å². The molecule has 2 aromatic rings. The molecule has 9 heteroatoms. The average Bonchev–Trinajstić information content (AvgIpc) is 2.81. The van der Waals surface area contributed by atoms with Crippen LogP contribution in [0.4, 0.5) is 5.95 Å². The van der Waals surface area contributed by atoms with E-state index in [0.717, 1.165) is 69.1 Å². The van der Waals surface area contributed by atoms with Gasteiger partial charge in [-0.1, -0.05) is 31.2 Å². The lowest BCUT2D eigenvalue weighted by molar-refractivity contribution is -0.0300. The average molecular weight is 460 g/mol. The second kappa shape index (κ2) is 10.2. The molecule has 2 aliphatic heterocycles. The Balaban J connectivity index is 1.26. The number of anilines is 1. The first-order chi connectivity index (χ1) is 15.5. The maximum atomic E-state index is 12.3. The Labute approximate surface area is 191 Å². The lowest BCUT2D eigenvalue weighted by Crippen LogP contribution is -2.47. The van der Waals surface area contributed by atoms with Gasteiger partial charge < -0.3 is 9.64 Å². The van der Waals surface area contributed by atoms with Crippen molar-refractivity contribution in [2.75, 3.05) is 57.0 Å². The first kappa shape index (κ1) is 23.1. The molecule has 0 spiro atoms. The summed E-state index contributed by atoms with van der Waals surface area (Å²) < 4.78 is 32.2. The monoisotopic (exact) mass is 459 g/mol. The molecule has 0 amide bonds. The first-order valence-corrected chi connectivity index (χ1v) is 13.2. The summed E-state index contributed by atoms with van der Waals surface area (Å²) in [6.07, 6.45) is 7.08. The highest BCUT2D eigenvalue weighted by molar-refractivity contribution is 7.88. The van der Waals surface area contributed by atoms with Crippen molar-refractivity contribution >= 4 is 16.0 Å². The number of aryl methyl sites for hydroxylation is 1. The van der Waals surface area contributed by atoms with E-state index in [9.17, 15) is 8.42 Å². The van der Waals surface area contributed by atoms with Gasteiger partial charge in [0.1, 0.15) is 6.23 Å². The molecule has 1 unspecified atom stereocenters. The van der Waals surface area contributed by atoms with Crippen molar-refractivity contribution in [1.82, 2.24) is 19.2 Å². The third-order valence-electron chi connectivity index (χ3n) is 6.26. The highest BCUT2D eigenvalue weighted by Crippen LogP contribution is 2.32. The fraction of sp³-hybridized carbons (Fsp3) is 0.565. The standard InChI is InChI=1S/C23H33N5O3S/c1-3-19-17-24-23(25-18-19)27-14-12-26(13-15-27)10-6-16-31-22-21-8-5-4-7-20(21)9-11-28(22)32(2,29)30/h4-5,7-8,17-18,22H,3,6,9-16H2,1-2H3. The Bertz CT molecular complexity index is 991. The molecule has 1 saturated heterocycles. The fourth-order valence-electron chi connectivity index (χ4n) is 4.37. The van der Waals surface area contributed by atoms with Crippen LogP contribution in [0.5, 0.6) is 0 Å². The minimum Gasteiger partial charge on any atom is -0.358 e. The highest BCUT2D eigenvalue weighted by atomic mass is 32.2. The van der Waals surface area contributed by atoms with Crippen LogP contribution in [0.25, 0.3) is 0 Å². The number of hydrogen-bond donors (Lipinski definition) is 0. The van der Waals surface area contributed by atoms with Crippen LogP contribution < -0.4 is 4.90 Å². The van der Waals surface area contributed by atoms with Gasteiger partial charge in [0.25, 0.3) is 0 Å². The summed E-state index contributed by atoms with van der Waals surface area (Å²) in [6, 6.07) is 7.98. The zero-order chi connectivity index (χ0) is 22.6. The molecular formula is C23H33N5O3S. The van der Waals surface area contributed by atoms with Crippen LogP contribution in [0, 0.1) is 0 Å². The minimum atomic E-state index is -3.33. The molecule has 1 atom stereocenters. The summed E-state index contributed by atoms with van der Waals surface area (Å²) in [5.41, 5.74) is 3.29. The second-order valence-corrected chi connectivity index (χ2v) is 10.4. The first-order valence-electron chi connectivity index (χ1n) is 11.4. The molecule has 2 aliphatic rings. The number of nitrogens with zero attached hydrogens (tertiary/aromatic N) is 5. The van der Waals surface area contributed by atoms with Crippen LogP contribution in [0.1, 0.15) is 36.3 Å². The van der Waals surface area contributed by atoms with Crippen LogP contribution in [-0.4, -0.2) is 79.7 Å². The molecule has 32 heavy (non-hydrogen) atoms. The molecule has 8 nitrogen and oxygen atoms in total. The molecule has 1 aromatic heterocycles. The van der Waals surface area contributed by atoms with Crippen molar-refractivity contribution in [3.05, 3.63) is 53.3 Å². The largest absolute Gasteiger partial charge is 0.358 e. The molecule has 0 radical (unpaired) electrons. The van der Waals surface area contributed by atoms with E-state index in [-0.39, 0.29) is 0 Å². The highest BCUT2D eigenvalue weighted by Gasteiger charge is 2.33. The maximum absolute atomic E-state index is 12.3. The predicted octanol–water partition coefficient (Wildman–Crippen LogP) is 2.08. The minimum absolute atomic E-state index is 0.462. The molecule has 1 fully saturated rings. The fourth-order valence-corrected chi connectivity index (χ4v) is 5.31. The van der Waals surface area contributed by atoms with Crippen molar-refractivity contribution in [3.63, 3.8) is 0 Å². The topological polar surface area (TPSA) is 78.9 Å². The Hall–Kier alpha value is -2.07. The lowest BCUT2D eigenvalue weighted by atomic mass is 10.00. The van der Waals surface area contributed by atoms with Crippen molar-refractivity contribution in [1.29, 1.82) is 0 Å². The van der Waals surface area contributed by atoms with Gasteiger partial charge in [0.05, 0.1) is 12.9 Å². The SMILES string of the molecule is CCc1cnc(N2CCN(CCCOC3c4ccccc4CCN3S(C)(=O)=O)CC2)nc1. The van der Waals surface area contributed by atoms with Gasteiger partial charge in [-0.2, -0.15) is 4.31 Å². The molecule has 0 aliphatic carbocycles. The number of hydrogen-bond acceptors (Lipinski definition) is 7. The second-order valence-electron chi connectivity index (χ2n) is 8.47. The van der Waals surface area contributed by atoms with E-state index < -0.39 is 16.3 Å². The van der Waals surface area contributed by atoms with Crippen molar-refractivity contribution in [2.24, 2.45) is 0 Å². The number of sulfonamides is 1. The summed E-state index contributed by atoms with van der Waals surface area (Å²) in [6.45, 7) is 7.75. The Morgan fingerprint density at radius 2 is 1.78 bits per heavy atom. The Morgan fingerprint density at radius 1 is 1.06 bits per heavy atom. The third kappa shape index (κ3) is 5.46. The number of ether oxygens (including phenoxy) is 1. The quantitative estimate of drug-likeness (QED) is 0.559. The Morgan fingerprint density at radius 3 is 2.47 bits per heavy atom. The summed E-state index contributed by atoms with van der Waals surface area (Å²) in [4.78, 5) is 13.6. The van der Waals surface area contributed by atoms with Crippen LogP contribution in [0.2, 0.25) is 0 Å². The maximum Gasteiger partial charge on any atom is 0.225 e. The normalized spacial score (nSPS) is 20.3. The van der Waals surface area contributed by atoms with Crippen LogP contribution in [0.15, 0.2) is 36.7 Å². The van der Waals surface area contributed by atoms with E-state index >= 15 is 0 Å². The third-order valence-corrected chi connectivity index (χ3v) is 7.49. The summed E-state index contributed by atoms with van der Waals surface area (Å²) >= 11 is 0. The molecule has 3 heterocycles. The molecule has 0 bridgehead atoms. The number of aromatic nitrogens is 2. The zero-order valence-electron chi connectivity index (χ0n) is 19.0. The number of fused-ring (bicyclic) bond motifs is 1. The van der Waals surface area contributed by atoms with Crippen LogP contribution in [-0.2, 0) is 27.6 Å². The Kier molecular flexibility index (Phi) is 7.40. The molecular weight excluding hydrogens is 426 g/mol. The number of piperazine rings is 1. The van der Waals surface area contributed by atoms with E-state index in [4.69, 9.17) is 4.74 Å². The van der Waals surface area contributed by atoms with E-state index in [1.165, 1.54) is 16.1 Å². The van der Waals surface area contributed by atoms with Crippen molar-refractivity contribution in [3.8, 4) is 0 Å². The van der Waals surface area contributed by atoms with Gasteiger partial charge >= 0.3 is 0 Å². The number of benzene rings is 1. The van der Waals surface area contributed by atoms with Crippen LogP contribution in [0.3, 0.4) is 0 Å². The van der Waals surface area contributed by atoms with Crippen molar-refractivity contribution < 1.29 is 13.2 Å². The predicted molar refractivity (Wildman–Crippen MR) is 125 cm³/mol. The summed E-state index contributed by atoms with van der Waals surface area (Å²) in [7, 11) is -3.33. The molecule has 1 aromatic carbocycles. The molecule has 0 saturated carbocycles. The van der Waals surface area contributed by atoms with E-state index in [2.05, 4.69) is 32.8 Å². The number of rotatable bonds is 8. The molecule has 4 rings (SSSR count). The smallest absolute Gasteiger partial charge is 0.225 e. The van der Waals surface area contributed by atoms with E-state index in [0.29, 0.717) is 13.2 Å². The molecule has 0 N–H and O–H groups in total. The van der Waals surface area contributed by atoms with Gasteiger partial charge in [-0.25, -0.2) is 18.4 Å².